The van der Waals surface area contributed by atoms with Gasteiger partial charge >= 0.3 is 6.03 Å². The van der Waals surface area contributed by atoms with E-state index in [1.54, 1.807) is 0 Å². The molecule has 2 amide bonds. The highest BCUT2D eigenvalue weighted by Gasteiger charge is 2.53. The number of hydrogen-bond acceptors (Lipinski definition) is 12. The van der Waals surface area contributed by atoms with Crippen LogP contribution in [0.2, 0.25) is 0 Å². The second kappa shape index (κ2) is 7.82. The summed E-state index contributed by atoms with van der Waals surface area (Å²) in [6.45, 7) is -1.05. The molecule has 32 heavy (non-hydrogen) atoms. The van der Waals surface area contributed by atoms with E-state index < -0.39 is 74.4 Å². The summed E-state index contributed by atoms with van der Waals surface area (Å²) in [6, 6.07) is -1.58. The van der Waals surface area contributed by atoms with E-state index in [9.17, 15) is 35.4 Å². The molecule has 4 aliphatic rings. The summed E-state index contributed by atoms with van der Waals surface area (Å²) in [6.07, 6.45) is -7.60. The lowest BCUT2D eigenvalue weighted by Crippen LogP contribution is -2.47. The predicted octanol–water partition coefficient (Wildman–Crippen LogP) is -3.93. The number of urea groups is 1. The molecule has 5 rings (SSSR count). The van der Waals surface area contributed by atoms with Crippen LogP contribution in [0.4, 0.5) is 10.6 Å². The minimum absolute atomic E-state index is 0.0961. The summed E-state index contributed by atoms with van der Waals surface area (Å²) in [5.74, 6) is 0.283. The zero-order chi connectivity index (χ0) is 22.7. The minimum atomic E-state index is -1.49. The van der Waals surface area contributed by atoms with Gasteiger partial charge in [0, 0.05) is 0 Å². The number of aliphatic hydroxyl groups excluding tert-OH is 6. The van der Waals surface area contributed by atoms with Gasteiger partial charge in [-0.3, -0.25) is 4.57 Å². The third kappa shape index (κ3) is 2.98. The molecule has 9 atom stereocenters. The lowest BCUT2D eigenvalue weighted by atomic mass is 10.1. The molecular formula is C17H22N6O9. The number of nitrogens with zero attached hydrogens (tertiary/aromatic N) is 5. The van der Waals surface area contributed by atoms with Gasteiger partial charge in [-0.25, -0.2) is 24.7 Å². The van der Waals surface area contributed by atoms with Crippen molar-refractivity contribution in [3.63, 3.8) is 0 Å². The molecule has 3 saturated heterocycles. The van der Waals surface area contributed by atoms with E-state index in [0.717, 1.165) is 11.2 Å². The maximum atomic E-state index is 12.7. The molecule has 1 aromatic rings. The van der Waals surface area contributed by atoms with E-state index in [1.807, 2.05) is 0 Å². The van der Waals surface area contributed by atoms with Crippen LogP contribution in [-0.4, -0.2) is 119 Å². The maximum absolute atomic E-state index is 12.7. The number of ether oxygens (including phenoxy) is 2. The average Bonchev–Trinajstić information content (AvgIpc) is 3.46. The van der Waals surface area contributed by atoms with Crippen molar-refractivity contribution in [3.05, 3.63) is 12.0 Å². The lowest BCUT2D eigenvalue weighted by Gasteiger charge is -2.25. The van der Waals surface area contributed by atoms with Crippen LogP contribution in [0.3, 0.4) is 0 Å². The van der Waals surface area contributed by atoms with Crippen molar-refractivity contribution >= 4 is 24.0 Å². The van der Waals surface area contributed by atoms with Gasteiger partial charge in [-0.05, 0) is 0 Å². The number of aromatic nitrogens is 2. The van der Waals surface area contributed by atoms with Gasteiger partial charge in [0.1, 0.15) is 60.5 Å². The second-order valence-electron chi connectivity index (χ2n) is 7.80. The standard InChI is InChI=1S/C17H22N6O9/c24-1-5-9(26)11(28)15(31-5)22-4-20-7-8-14(19-3-18-13(7)22)23(17(30)21-8)16-12(29)10(27)6(2-25)32-16/h3-6,8-12,15-16,24-29H,1-2H2,(H,21,30)/t5-,6-,8?,9-,10-,11-,12-,15-,16-/m1/s1. The first kappa shape index (κ1) is 21.4. The summed E-state index contributed by atoms with van der Waals surface area (Å²) >= 11 is 0. The lowest BCUT2D eigenvalue weighted by molar-refractivity contribution is -0.0567. The Morgan fingerprint density at radius 3 is 2.22 bits per heavy atom. The van der Waals surface area contributed by atoms with Gasteiger partial charge in [0.15, 0.2) is 18.3 Å². The first-order chi connectivity index (χ1) is 15.4. The molecule has 0 saturated carbocycles. The molecule has 5 heterocycles. The van der Waals surface area contributed by atoms with Crippen molar-refractivity contribution in [2.24, 2.45) is 9.98 Å². The number of rotatable bonds is 4. The van der Waals surface area contributed by atoms with Crippen molar-refractivity contribution in [1.29, 1.82) is 0 Å². The number of aliphatic hydroxyl groups is 6. The Bertz CT molecular complexity index is 968. The van der Waals surface area contributed by atoms with Crippen LogP contribution in [0.25, 0.3) is 0 Å². The molecule has 174 valence electrons. The summed E-state index contributed by atoms with van der Waals surface area (Å²) in [7, 11) is 0. The zero-order valence-corrected chi connectivity index (χ0v) is 16.4. The Hall–Kier alpha value is -2.50. The van der Waals surface area contributed by atoms with Gasteiger partial charge < -0.3 is 45.4 Å². The first-order valence-corrected chi connectivity index (χ1v) is 9.89. The number of hydrogen-bond donors (Lipinski definition) is 7. The van der Waals surface area contributed by atoms with Crippen LogP contribution >= 0.6 is 0 Å². The fourth-order valence-corrected chi connectivity index (χ4v) is 4.31. The molecule has 4 aliphatic heterocycles. The van der Waals surface area contributed by atoms with E-state index in [1.165, 1.54) is 10.9 Å². The van der Waals surface area contributed by atoms with Gasteiger partial charge in [-0.1, -0.05) is 0 Å². The molecule has 0 spiro atoms. The number of imidazole rings is 1. The average molecular weight is 454 g/mol. The fourth-order valence-electron chi connectivity index (χ4n) is 4.31. The SMILES string of the molecule is O=C1NC2C(=NC=Nc3c2ncn3[C@@H]2O[C@H](CO)[C@@H](O)[C@H]2O)N1[C@@H]1O[C@H](CO)[C@@H](O)[C@H]1O. The van der Waals surface area contributed by atoms with Crippen LogP contribution in [0.15, 0.2) is 16.3 Å². The topological polar surface area (TPSA) is 215 Å². The number of amidine groups is 1. The number of amides is 2. The third-order valence-corrected chi connectivity index (χ3v) is 5.99. The monoisotopic (exact) mass is 454 g/mol. The Kier molecular flexibility index (Phi) is 5.22. The number of nitrogens with one attached hydrogen (secondary N) is 1. The molecule has 15 nitrogen and oxygen atoms in total. The summed E-state index contributed by atoms with van der Waals surface area (Å²) < 4.78 is 12.4. The molecule has 0 radical (unpaired) electrons. The number of carbonyl (C=O) groups excluding carboxylic acids is 1. The highest BCUT2D eigenvalue weighted by Crippen LogP contribution is 2.39. The van der Waals surface area contributed by atoms with E-state index in [-0.39, 0.29) is 17.3 Å². The van der Waals surface area contributed by atoms with Crippen LogP contribution in [-0.2, 0) is 9.47 Å². The van der Waals surface area contributed by atoms with Gasteiger partial charge in [0.25, 0.3) is 0 Å². The predicted molar refractivity (Wildman–Crippen MR) is 102 cm³/mol. The van der Waals surface area contributed by atoms with Gasteiger partial charge in [-0.2, -0.15) is 0 Å². The van der Waals surface area contributed by atoms with E-state index in [4.69, 9.17) is 9.47 Å². The van der Waals surface area contributed by atoms with Crippen molar-refractivity contribution in [2.75, 3.05) is 13.2 Å². The Morgan fingerprint density at radius 1 is 0.969 bits per heavy atom. The molecule has 0 aliphatic carbocycles. The Labute approximate surface area is 179 Å². The molecular weight excluding hydrogens is 432 g/mol. The summed E-state index contributed by atoms with van der Waals surface area (Å²) in [4.78, 5) is 26.4. The van der Waals surface area contributed by atoms with Crippen molar-refractivity contribution in [2.45, 2.75) is 55.1 Å². The normalized spacial score (nSPS) is 40.8. The smallest absolute Gasteiger partial charge is 0.326 e. The van der Waals surface area contributed by atoms with Gasteiger partial charge in [0.2, 0.25) is 0 Å². The van der Waals surface area contributed by atoms with Crippen molar-refractivity contribution < 1.29 is 44.9 Å². The highest BCUT2D eigenvalue weighted by atomic mass is 16.6. The third-order valence-electron chi connectivity index (χ3n) is 5.99. The zero-order valence-electron chi connectivity index (χ0n) is 16.4. The van der Waals surface area contributed by atoms with E-state index in [2.05, 4.69) is 20.3 Å². The summed E-state index contributed by atoms with van der Waals surface area (Å²) in [5.41, 5.74) is 0.248. The Balaban J connectivity index is 1.46. The minimum Gasteiger partial charge on any atom is -0.394 e. The van der Waals surface area contributed by atoms with Gasteiger partial charge in [0.05, 0.1) is 19.5 Å². The first-order valence-electron chi connectivity index (χ1n) is 9.89. The summed E-state index contributed by atoms with van der Waals surface area (Å²) in [5, 5.41) is 62.1. The van der Waals surface area contributed by atoms with E-state index in [0.29, 0.717) is 0 Å². The van der Waals surface area contributed by atoms with Crippen LogP contribution in [0.1, 0.15) is 18.0 Å². The molecule has 1 aromatic heterocycles. The maximum Gasteiger partial charge on any atom is 0.326 e. The van der Waals surface area contributed by atoms with Crippen LogP contribution < -0.4 is 5.32 Å². The highest BCUT2D eigenvalue weighted by molar-refractivity contribution is 6.10. The molecule has 0 bridgehead atoms. The number of aliphatic imine (C=N–C) groups is 2. The largest absolute Gasteiger partial charge is 0.394 e. The molecule has 15 heteroatoms. The second-order valence-corrected chi connectivity index (χ2v) is 7.80. The van der Waals surface area contributed by atoms with Gasteiger partial charge in [-0.15, -0.1) is 0 Å². The molecule has 1 unspecified atom stereocenters. The van der Waals surface area contributed by atoms with E-state index >= 15 is 0 Å². The molecule has 0 aromatic carbocycles. The quantitative estimate of drug-likeness (QED) is 0.234. The Morgan fingerprint density at radius 2 is 1.59 bits per heavy atom. The van der Waals surface area contributed by atoms with Crippen molar-refractivity contribution in [3.8, 4) is 0 Å². The number of carbonyl (C=O) groups is 1. The number of fused-ring (bicyclic) bond motifs is 3. The molecule has 3 fully saturated rings. The fraction of sp³-hybridized carbons (Fsp3) is 0.647. The molecule has 7 N–H and O–H groups in total. The van der Waals surface area contributed by atoms with Crippen molar-refractivity contribution in [1.82, 2.24) is 19.8 Å². The van der Waals surface area contributed by atoms with Crippen LogP contribution in [0, 0.1) is 0 Å². The van der Waals surface area contributed by atoms with Crippen LogP contribution in [0.5, 0.6) is 0 Å².